The first-order chi connectivity index (χ1) is 10.1. The summed E-state index contributed by atoms with van der Waals surface area (Å²) >= 11 is 5.85. The summed E-state index contributed by atoms with van der Waals surface area (Å²) < 4.78 is 15.1. The average molecular weight is 306 g/mol. The van der Waals surface area contributed by atoms with E-state index in [1.165, 1.54) is 23.4 Å². The Kier molecular flexibility index (Phi) is 3.44. The highest BCUT2D eigenvalue weighted by atomic mass is 35.5. The van der Waals surface area contributed by atoms with Gasteiger partial charge in [-0.25, -0.2) is 9.37 Å². The average Bonchev–Trinajstić information content (AvgIpc) is 2.96. The fraction of sp³-hybridized carbons (Fsp3) is 0.0833. The van der Waals surface area contributed by atoms with E-state index >= 15 is 0 Å². The predicted octanol–water partition coefficient (Wildman–Crippen LogP) is 2.30. The maximum atomic E-state index is 13.7. The molecule has 0 aliphatic carbocycles. The number of aryl methyl sites for hydroxylation is 1. The van der Waals surface area contributed by atoms with Gasteiger partial charge in [-0.2, -0.15) is 24.7 Å². The lowest BCUT2D eigenvalue weighted by Crippen LogP contribution is -2.07. The van der Waals surface area contributed by atoms with Crippen LogP contribution in [-0.2, 0) is 0 Å². The Balaban J connectivity index is 1.97. The summed E-state index contributed by atoms with van der Waals surface area (Å²) in [5.41, 5.74) is 1.15. The van der Waals surface area contributed by atoms with Crippen molar-refractivity contribution in [3.05, 3.63) is 47.5 Å². The zero-order valence-electron chi connectivity index (χ0n) is 10.8. The van der Waals surface area contributed by atoms with Crippen LogP contribution in [0.2, 0.25) is 5.28 Å². The van der Waals surface area contributed by atoms with Gasteiger partial charge in [-0.3, -0.25) is 0 Å². The molecule has 0 amide bonds. The highest BCUT2D eigenvalue weighted by Gasteiger charge is 2.10. The molecule has 7 nitrogen and oxygen atoms in total. The quantitative estimate of drug-likeness (QED) is 0.799. The van der Waals surface area contributed by atoms with Crippen LogP contribution in [0.5, 0.6) is 0 Å². The topological polar surface area (TPSA) is 81.4 Å². The second-order valence-corrected chi connectivity index (χ2v) is 4.51. The minimum absolute atomic E-state index is 0.0361. The SMILES string of the molecule is Cc1ccc(F)c(Nc2nc(Cl)nc(-n3cncn3)n2)c1. The van der Waals surface area contributed by atoms with Gasteiger partial charge in [0.1, 0.15) is 18.5 Å². The molecule has 0 saturated carbocycles. The summed E-state index contributed by atoms with van der Waals surface area (Å²) in [5.74, 6) is -0.118. The molecule has 9 heteroatoms. The number of nitrogens with one attached hydrogen (secondary N) is 1. The molecule has 2 heterocycles. The van der Waals surface area contributed by atoms with Crippen molar-refractivity contribution in [1.29, 1.82) is 0 Å². The van der Waals surface area contributed by atoms with Gasteiger partial charge in [-0.1, -0.05) is 6.07 Å². The first-order valence-electron chi connectivity index (χ1n) is 5.91. The van der Waals surface area contributed by atoms with Crippen LogP contribution in [0.3, 0.4) is 0 Å². The molecule has 21 heavy (non-hydrogen) atoms. The van der Waals surface area contributed by atoms with Crippen LogP contribution >= 0.6 is 11.6 Å². The van der Waals surface area contributed by atoms with Crippen molar-refractivity contribution in [2.45, 2.75) is 6.92 Å². The van der Waals surface area contributed by atoms with Crippen LogP contribution in [0.4, 0.5) is 16.0 Å². The monoisotopic (exact) mass is 305 g/mol. The normalized spacial score (nSPS) is 10.6. The van der Waals surface area contributed by atoms with Crippen LogP contribution < -0.4 is 5.32 Å². The Morgan fingerprint density at radius 2 is 2.10 bits per heavy atom. The fourth-order valence-corrected chi connectivity index (χ4v) is 1.82. The molecule has 0 atom stereocenters. The number of benzene rings is 1. The number of hydrogen-bond acceptors (Lipinski definition) is 6. The van der Waals surface area contributed by atoms with Gasteiger partial charge in [-0.15, -0.1) is 0 Å². The zero-order valence-corrected chi connectivity index (χ0v) is 11.6. The molecule has 1 aromatic carbocycles. The molecular weight excluding hydrogens is 297 g/mol. The molecule has 0 unspecified atom stereocenters. The van der Waals surface area contributed by atoms with E-state index in [9.17, 15) is 4.39 Å². The number of aromatic nitrogens is 6. The summed E-state index contributed by atoms with van der Waals surface area (Å²) in [5, 5.41) is 6.64. The Morgan fingerprint density at radius 1 is 1.24 bits per heavy atom. The number of nitrogens with zero attached hydrogens (tertiary/aromatic N) is 6. The van der Waals surface area contributed by atoms with Gasteiger partial charge >= 0.3 is 0 Å². The summed E-state index contributed by atoms with van der Waals surface area (Å²) in [7, 11) is 0. The van der Waals surface area contributed by atoms with Crippen LogP contribution in [-0.4, -0.2) is 29.7 Å². The van der Waals surface area contributed by atoms with E-state index in [0.717, 1.165) is 5.56 Å². The molecule has 0 fully saturated rings. The van der Waals surface area contributed by atoms with Crippen molar-refractivity contribution >= 4 is 23.2 Å². The van der Waals surface area contributed by atoms with Crippen molar-refractivity contribution in [3.63, 3.8) is 0 Å². The highest BCUT2D eigenvalue weighted by Crippen LogP contribution is 2.20. The third-order valence-corrected chi connectivity index (χ3v) is 2.76. The molecule has 106 valence electrons. The van der Waals surface area contributed by atoms with Gasteiger partial charge in [0.2, 0.25) is 11.2 Å². The molecule has 3 rings (SSSR count). The maximum absolute atomic E-state index is 13.7. The number of halogens is 2. The lowest BCUT2D eigenvalue weighted by atomic mass is 10.2. The lowest BCUT2D eigenvalue weighted by Gasteiger charge is -2.08. The van der Waals surface area contributed by atoms with E-state index in [-0.39, 0.29) is 22.9 Å². The van der Waals surface area contributed by atoms with E-state index in [0.29, 0.717) is 0 Å². The van der Waals surface area contributed by atoms with Gasteiger partial charge in [0.05, 0.1) is 5.69 Å². The van der Waals surface area contributed by atoms with E-state index in [4.69, 9.17) is 11.6 Å². The van der Waals surface area contributed by atoms with Gasteiger partial charge in [-0.05, 0) is 36.2 Å². The van der Waals surface area contributed by atoms with Crippen LogP contribution in [0.25, 0.3) is 5.95 Å². The van der Waals surface area contributed by atoms with Crippen LogP contribution in [0, 0.1) is 12.7 Å². The molecule has 2 aromatic heterocycles. The van der Waals surface area contributed by atoms with Crippen molar-refractivity contribution in [3.8, 4) is 5.95 Å². The molecule has 3 aromatic rings. The van der Waals surface area contributed by atoms with E-state index in [2.05, 4.69) is 30.4 Å². The van der Waals surface area contributed by atoms with Gasteiger partial charge in [0.15, 0.2) is 0 Å². The smallest absolute Gasteiger partial charge is 0.258 e. The predicted molar refractivity (Wildman–Crippen MR) is 74.2 cm³/mol. The second kappa shape index (κ2) is 5.41. The third-order valence-electron chi connectivity index (χ3n) is 2.59. The maximum Gasteiger partial charge on any atom is 0.258 e. The van der Waals surface area contributed by atoms with Crippen LogP contribution in [0.1, 0.15) is 5.56 Å². The van der Waals surface area contributed by atoms with Crippen molar-refractivity contribution in [1.82, 2.24) is 29.7 Å². The second-order valence-electron chi connectivity index (χ2n) is 4.18. The van der Waals surface area contributed by atoms with E-state index in [1.54, 1.807) is 12.1 Å². The molecule has 0 bridgehead atoms. The minimum atomic E-state index is -0.417. The van der Waals surface area contributed by atoms with E-state index in [1.807, 2.05) is 6.92 Å². The van der Waals surface area contributed by atoms with Crippen molar-refractivity contribution in [2.24, 2.45) is 0 Å². The molecule has 0 saturated heterocycles. The number of anilines is 2. The highest BCUT2D eigenvalue weighted by molar-refractivity contribution is 6.28. The molecule has 1 N–H and O–H groups in total. The standard InChI is InChI=1S/C12H9ClFN7/c1-7-2-3-8(14)9(4-7)17-11-18-10(13)19-12(20-11)21-6-15-5-16-21/h2-6H,1H3,(H,17,18,19,20). The molecule has 0 spiro atoms. The molecule has 0 radical (unpaired) electrons. The zero-order chi connectivity index (χ0) is 14.8. The van der Waals surface area contributed by atoms with Crippen molar-refractivity contribution in [2.75, 3.05) is 5.32 Å². The minimum Gasteiger partial charge on any atom is -0.321 e. The third kappa shape index (κ3) is 2.95. The largest absolute Gasteiger partial charge is 0.321 e. The van der Waals surface area contributed by atoms with Crippen LogP contribution in [0.15, 0.2) is 30.9 Å². The van der Waals surface area contributed by atoms with Gasteiger partial charge in [0.25, 0.3) is 5.95 Å². The molecular formula is C12H9ClFN7. The van der Waals surface area contributed by atoms with Gasteiger partial charge in [0, 0.05) is 0 Å². The Labute approximate surface area is 123 Å². The molecule has 0 aliphatic heterocycles. The van der Waals surface area contributed by atoms with Gasteiger partial charge < -0.3 is 5.32 Å². The number of rotatable bonds is 3. The summed E-state index contributed by atoms with van der Waals surface area (Å²) in [6.45, 7) is 1.85. The Morgan fingerprint density at radius 3 is 2.86 bits per heavy atom. The Hall–Kier alpha value is -2.61. The van der Waals surface area contributed by atoms with E-state index < -0.39 is 5.82 Å². The Bertz CT molecular complexity index is 775. The first-order valence-corrected chi connectivity index (χ1v) is 6.29. The number of hydrogen-bond donors (Lipinski definition) is 1. The lowest BCUT2D eigenvalue weighted by molar-refractivity contribution is 0.631. The van der Waals surface area contributed by atoms with Crippen molar-refractivity contribution < 1.29 is 4.39 Å². The molecule has 0 aliphatic rings. The summed E-state index contributed by atoms with van der Waals surface area (Å²) in [6, 6.07) is 4.67. The summed E-state index contributed by atoms with van der Waals surface area (Å²) in [4.78, 5) is 15.8. The first kappa shape index (κ1) is 13.4. The summed E-state index contributed by atoms with van der Waals surface area (Å²) in [6.07, 6.45) is 2.76. The fourth-order valence-electron chi connectivity index (χ4n) is 1.66.